The molecule has 0 spiro atoms. The number of rotatable bonds is 3. The van der Waals surface area contributed by atoms with E-state index in [1.807, 2.05) is 0 Å². The van der Waals surface area contributed by atoms with Gasteiger partial charge in [-0.15, -0.1) is 12.4 Å². The van der Waals surface area contributed by atoms with Crippen LogP contribution in [0.15, 0.2) is 18.2 Å². The first-order valence-electron chi connectivity index (χ1n) is 7.10. The summed E-state index contributed by atoms with van der Waals surface area (Å²) in [5.41, 5.74) is 10.3. The molecular formula is C16H27ClN2. The van der Waals surface area contributed by atoms with Crippen molar-refractivity contribution in [1.82, 2.24) is 4.90 Å². The molecule has 0 amide bonds. The molecule has 0 bridgehead atoms. The van der Waals surface area contributed by atoms with Gasteiger partial charge in [0.1, 0.15) is 0 Å². The van der Waals surface area contributed by atoms with E-state index < -0.39 is 0 Å². The molecule has 1 heterocycles. The van der Waals surface area contributed by atoms with E-state index in [0.717, 1.165) is 13.1 Å². The van der Waals surface area contributed by atoms with Crippen molar-refractivity contribution in [3.63, 3.8) is 0 Å². The van der Waals surface area contributed by atoms with Crippen LogP contribution in [0.25, 0.3) is 0 Å². The lowest BCUT2D eigenvalue weighted by molar-refractivity contribution is 0.154. The third-order valence-electron chi connectivity index (χ3n) is 4.18. The largest absolute Gasteiger partial charge is 0.328 e. The molecule has 1 fully saturated rings. The van der Waals surface area contributed by atoms with Crippen LogP contribution >= 0.6 is 12.4 Å². The van der Waals surface area contributed by atoms with Crippen LogP contribution in [0.4, 0.5) is 0 Å². The van der Waals surface area contributed by atoms with Crippen molar-refractivity contribution in [2.75, 3.05) is 13.1 Å². The van der Waals surface area contributed by atoms with Crippen LogP contribution in [-0.4, -0.2) is 24.0 Å². The lowest BCUT2D eigenvalue weighted by Gasteiger charge is -2.35. The number of hydrogen-bond donors (Lipinski definition) is 1. The van der Waals surface area contributed by atoms with Gasteiger partial charge in [-0.05, 0) is 57.2 Å². The smallest absolute Gasteiger partial charge is 0.0236 e. The number of nitrogens with zero attached hydrogens (tertiary/aromatic N) is 1. The Kier molecular flexibility index (Phi) is 6.31. The summed E-state index contributed by atoms with van der Waals surface area (Å²) in [6, 6.07) is 7.08. The molecule has 0 radical (unpaired) electrons. The van der Waals surface area contributed by atoms with Crippen molar-refractivity contribution in [3.05, 3.63) is 34.9 Å². The molecule has 1 aromatic carbocycles. The molecule has 2 rings (SSSR count). The minimum Gasteiger partial charge on any atom is -0.328 e. The summed E-state index contributed by atoms with van der Waals surface area (Å²) in [5, 5.41) is 0. The Morgan fingerprint density at radius 1 is 1.37 bits per heavy atom. The summed E-state index contributed by atoms with van der Waals surface area (Å²) >= 11 is 0. The standard InChI is InChI=1S/C16H26N2.ClH/c1-12-6-7-13(2)16(9-12)11-18-8-4-5-15(10-18)14(3)17;/h6-7,9,14-15H,4-5,8,10-11,17H2,1-3H3;1H. The maximum atomic E-state index is 6.05. The molecule has 1 saturated heterocycles. The molecular weight excluding hydrogens is 256 g/mol. The van der Waals surface area contributed by atoms with Gasteiger partial charge in [0, 0.05) is 19.1 Å². The molecule has 0 aromatic heterocycles. The van der Waals surface area contributed by atoms with E-state index in [-0.39, 0.29) is 12.4 Å². The highest BCUT2D eigenvalue weighted by molar-refractivity contribution is 5.85. The van der Waals surface area contributed by atoms with Gasteiger partial charge in [-0.3, -0.25) is 4.90 Å². The average Bonchev–Trinajstić information content (AvgIpc) is 2.34. The van der Waals surface area contributed by atoms with Gasteiger partial charge in [0.25, 0.3) is 0 Å². The topological polar surface area (TPSA) is 29.3 Å². The molecule has 19 heavy (non-hydrogen) atoms. The Hall–Kier alpha value is -0.570. The summed E-state index contributed by atoms with van der Waals surface area (Å²) in [7, 11) is 0. The van der Waals surface area contributed by atoms with E-state index in [4.69, 9.17) is 5.73 Å². The predicted octanol–water partition coefficient (Wildman–Crippen LogP) is 3.28. The van der Waals surface area contributed by atoms with Gasteiger partial charge in [0.2, 0.25) is 0 Å². The number of halogens is 1. The highest BCUT2D eigenvalue weighted by Crippen LogP contribution is 2.21. The van der Waals surface area contributed by atoms with Gasteiger partial charge in [0.15, 0.2) is 0 Å². The molecule has 0 aliphatic carbocycles. The molecule has 2 N–H and O–H groups in total. The summed E-state index contributed by atoms with van der Waals surface area (Å²) in [5.74, 6) is 0.670. The SMILES string of the molecule is Cc1ccc(C)c(CN2CCCC(C(C)N)C2)c1.Cl. The second-order valence-electron chi connectivity index (χ2n) is 5.93. The molecule has 0 saturated carbocycles. The molecule has 108 valence electrons. The number of aryl methyl sites for hydroxylation is 2. The first-order valence-corrected chi connectivity index (χ1v) is 7.10. The predicted molar refractivity (Wildman–Crippen MR) is 84.8 cm³/mol. The van der Waals surface area contributed by atoms with E-state index in [1.165, 1.54) is 36.1 Å². The van der Waals surface area contributed by atoms with Gasteiger partial charge in [-0.2, -0.15) is 0 Å². The summed E-state index contributed by atoms with van der Waals surface area (Å²) in [6.07, 6.45) is 2.58. The lowest BCUT2D eigenvalue weighted by atomic mass is 9.91. The molecule has 2 unspecified atom stereocenters. The average molecular weight is 283 g/mol. The second-order valence-corrected chi connectivity index (χ2v) is 5.93. The van der Waals surface area contributed by atoms with E-state index in [9.17, 15) is 0 Å². The van der Waals surface area contributed by atoms with Crippen molar-refractivity contribution in [3.8, 4) is 0 Å². The van der Waals surface area contributed by atoms with Crippen molar-refractivity contribution in [1.29, 1.82) is 0 Å². The highest BCUT2D eigenvalue weighted by atomic mass is 35.5. The summed E-state index contributed by atoms with van der Waals surface area (Å²) < 4.78 is 0. The Labute approximate surface area is 123 Å². The third-order valence-corrected chi connectivity index (χ3v) is 4.18. The van der Waals surface area contributed by atoms with Crippen LogP contribution in [0.5, 0.6) is 0 Å². The molecule has 3 heteroatoms. The fourth-order valence-electron chi connectivity index (χ4n) is 2.88. The van der Waals surface area contributed by atoms with Crippen molar-refractivity contribution in [2.24, 2.45) is 11.7 Å². The van der Waals surface area contributed by atoms with Gasteiger partial charge in [0.05, 0.1) is 0 Å². The molecule has 2 atom stereocenters. The van der Waals surface area contributed by atoms with Crippen LogP contribution < -0.4 is 5.73 Å². The number of likely N-dealkylation sites (tertiary alicyclic amines) is 1. The van der Waals surface area contributed by atoms with Gasteiger partial charge in [-0.1, -0.05) is 23.8 Å². The van der Waals surface area contributed by atoms with E-state index in [0.29, 0.717) is 12.0 Å². The van der Waals surface area contributed by atoms with Crippen molar-refractivity contribution in [2.45, 2.75) is 46.2 Å². The summed E-state index contributed by atoms with van der Waals surface area (Å²) in [4.78, 5) is 2.57. The fraction of sp³-hybridized carbons (Fsp3) is 0.625. The fourth-order valence-corrected chi connectivity index (χ4v) is 2.88. The van der Waals surface area contributed by atoms with Gasteiger partial charge < -0.3 is 5.73 Å². The molecule has 1 aromatic rings. The van der Waals surface area contributed by atoms with Gasteiger partial charge >= 0.3 is 0 Å². The minimum absolute atomic E-state index is 0. The lowest BCUT2D eigenvalue weighted by Crippen LogP contribution is -2.42. The van der Waals surface area contributed by atoms with Crippen LogP contribution in [-0.2, 0) is 6.54 Å². The van der Waals surface area contributed by atoms with E-state index >= 15 is 0 Å². The first kappa shape index (κ1) is 16.5. The van der Waals surface area contributed by atoms with Crippen LogP contribution in [0.2, 0.25) is 0 Å². The van der Waals surface area contributed by atoms with E-state index in [2.05, 4.69) is 43.9 Å². The quantitative estimate of drug-likeness (QED) is 0.922. The monoisotopic (exact) mass is 282 g/mol. The summed E-state index contributed by atoms with van der Waals surface area (Å²) in [6.45, 7) is 9.98. The zero-order valence-corrected chi connectivity index (χ0v) is 13.2. The normalized spacial score (nSPS) is 21.8. The Morgan fingerprint density at radius 3 is 2.79 bits per heavy atom. The number of benzene rings is 1. The minimum atomic E-state index is 0. The first-order chi connectivity index (χ1) is 8.56. The Balaban J connectivity index is 0.00000180. The van der Waals surface area contributed by atoms with Crippen LogP contribution in [0, 0.1) is 19.8 Å². The van der Waals surface area contributed by atoms with E-state index in [1.54, 1.807) is 0 Å². The zero-order chi connectivity index (χ0) is 13.1. The third kappa shape index (κ3) is 4.48. The molecule has 1 aliphatic rings. The molecule has 1 aliphatic heterocycles. The van der Waals surface area contributed by atoms with Crippen LogP contribution in [0.3, 0.4) is 0 Å². The highest BCUT2D eigenvalue weighted by Gasteiger charge is 2.22. The Bertz CT molecular complexity index is 404. The maximum Gasteiger partial charge on any atom is 0.0236 e. The van der Waals surface area contributed by atoms with Crippen LogP contribution in [0.1, 0.15) is 36.5 Å². The number of nitrogens with two attached hydrogens (primary N) is 1. The zero-order valence-electron chi connectivity index (χ0n) is 12.4. The van der Waals surface area contributed by atoms with Crippen molar-refractivity contribution >= 4 is 12.4 Å². The maximum absolute atomic E-state index is 6.05. The van der Waals surface area contributed by atoms with Crippen molar-refractivity contribution < 1.29 is 0 Å². The Morgan fingerprint density at radius 2 is 2.11 bits per heavy atom. The molecule has 2 nitrogen and oxygen atoms in total. The second kappa shape index (κ2) is 7.28. The van der Waals surface area contributed by atoms with Gasteiger partial charge in [-0.25, -0.2) is 0 Å². The number of piperidine rings is 1. The number of hydrogen-bond acceptors (Lipinski definition) is 2.